The molecule has 0 N–H and O–H groups in total. The van der Waals surface area contributed by atoms with Crippen molar-refractivity contribution in [1.82, 2.24) is 20.2 Å². The predicted octanol–water partition coefficient (Wildman–Crippen LogP) is 2.33. The van der Waals surface area contributed by atoms with Gasteiger partial charge in [0.2, 0.25) is 5.82 Å². The van der Waals surface area contributed by atoms with Crippen molar-refractivity contribution in [3.63, 3.8) is 0 Å². The van der Waals surface area contributed by atoms with Crippen molar-refractivity contribution in [2.24, 2.45) is 0 Å². The highest BCUT2D eigenvalue weighted by molar-refractivity contribution is 5.97. The lowest BCUT2D eigenvalue weighted by atomic mass is 10.2. The SMILES string of the molecule is CC(C(=O)N1CCOc2ccccc21)n1nnc(-c2ccccc2)n1. The maximum absolute atomic E-state index is 12.9. The van der Waals surface area contributed by atoms with Gasteiger partial charge in [-0.15, -0.1) is 10.2 Å². The van der Waals surface area contributed by atoms with Crippen molar-refractivity contribution >= 4 is 11.6 Å². The molecule has 1 aliphatic heterocycles. The second-order valence-electron chi connectivity index (χ2n) is 5.78. The Kier molecular flexibility index (Phi) is 3.89. The average Bonchev–Trinajstić information content (AvgIpc) is 3.17. The number of carbonyl (C=O) groups excluding carboxylic acids is 1. The summed E-state index contributed by atoms with van der Waals surface area (Å²) in [5, 5.41) is 12.5. The van der Waals surface area contributed by atoms with E-state index >= 15 is 0 Å². The molecule has 0 radical (unpaired) electrons. The molecule has 0 spiro atoms. The van der Waals surface area contributed by atoms with Crippen LogP contribution in [0.1, 0.15) is 13.0 Å². The fraction of sp³-hybridized carbons (Fsp3) is 0.222. The molecule has 1 unspecified atom stereocenters. The molecule has 0 bridgehead atoms. The first kappa shape index (κ1) is 15.3. The highest BCUT2D eigenvalue weighted by Gasteiger charge is 2.29. The number of aromatic nitrogens is 4. The maximum atomic E-state index is 12.9. The summed E-state index contributed by atoms with van der Waals surface area (Å²) in [6, 6.07) is 16.5. The minimum atomic E-state index is -0.559. The second-order valence-corrected chi connectivity index (χ2v) is 5.78. The summed E-state index contributed by atoms with van der Waals surface area (Å²) in [5.74, 6) is 1.13. The van der Waals surface area contributed by atoms with Crippen LogP contribution in [0.15, 0.2) is 54.6 Å². The van der Waals surface area contributed by atoms with Crippen LogP contribution in [0.2, 0.25) is 0 Å². The molecule has 2 aromatic carbocycles. The number of tetrazole rings is 1. The van der Waals surface area contributed by atoms with Gasteiger partial charge in [-0.25, -0.2) is 0 Å². The van der Waals surface area contributed by atoms with Crippen LogP contribution in [-0.4, -0.2) is 39.3 Å². The summed E-state index contributed by atoms with van der Waals surface area (Å²) in [6.45, 7) is 2.74. The number of ether oxygens (including phenoxy) is 1. The number of benzene rings is 2. The third kappa shape index (κ3) is 2.84. The van der Waals surface area contributed by atoms with Gasteiger partial charge in [0.15, 0.2) is 0 Å². The van der Waals surface area contributed by atoms with E-state index in [1.807, 2.05) is 54.6 Å². The summed E-state index contributed by atoms with van der Waals surface area (Å²) in [5.41, 5.74) is 1.64. The van der Waals surface area contributed by atoms with Crippen molar-refractivity contribution in [2.75, 3.05) is 18.1 Å². The molecule has 7 heteroatoms. The zero-order chi connectivity index (χ0) is 17.2. The fourth-order valence-electron chi connectivity index (χ4n) is 2.81. The number of carbonyl (C=O) groups is 1. The summed E-state index contributed by atoms with van der Waals surface area (Å²) in [4.78, 5) is 16.0. The van der Waals surface area contributed by atoms with E-state index in [0.717, 1.165) is 11.3 Å². The molecule has 1 amide bonds. The van der Waals surface area contributed by atoms with E-state index in [1.54, 1.807) is 11.8 Å². The molecule has 126 valence electrons. The number of nitrogens with zero attached hydrogens (tertiary/aromatic N) is 5. The lowest BCUT2D eigenvalue weighted by molar-refractivity contribution is -0.122. The quantitative estimate of drug-likeness (QED) is 0.734. The zero-order valence-corrected chi connectivity index (χ0v) is 13.7. The van der Waals surface area contributed by atoms with Crippen molar-refractivity contribution in [2.45, 2.75) is 13.0 Å². The summed E-state index contributed by atoms with van der Waals surface area (Å²) in [7, 11) is 0. The van der Waals surface area contributed by atoms with Gasteiger partial charge < -0.3 is 9.64 Å². The van der Waals surface area contributed by atoms with Crippen molar-refractivity contribution < 1.29 is 9.53 Å². The molecule has 1 aromatic heterocycles. The number of hydrogen-bond donors (Lipinski definition) is 0. The number of para-hydroxylation sites is 2. The van der Waals surface area contributed by atoms with Gasteiger partial charge in [-0.2, -0.15) is 4.80 Å². The normalized spacial score (nSPS) is 14.5. The molecule has 1 atom stereocenters. The van der Waals surface area contributed by atoms with E-state index in [2.05, 4.69) is 15.4 Å². The van der Waals surface area contributed by atoms with Crippen LogP contribution in [0.4, 0.5) is 5.69 Å². The lowest BCUT2D eigenvalue weighted by Crippen LogP contribution is -2.42. The Bertz CT molecular complexity index is 893. The van der Waals surface area contributed by atoms with Crippen molar-refractivity contribution in [3.8, 4) is 17.1 Å². The van der Waals surface area contributed by atoms with Crippen LogP contribution in [0.5, 0.6) is 5.75 Å². The number of hydrogen-bond acceptors (Lipinski definition) is 5. The number of amides is 1. The lowest BCUT2D eigenvalue weighted by Gasteiger charge is -2.30. The minimum absolute atomic E-state index is 0.0900. The van der Waals surface area contributed by atoms with Crippen LogP contribution in [-0.2, 0) is 4.79 Å². The summed E-state index contributed by atoms with van der Waals surface area (Å²) < 4.78 is 5.61. The van der Waals surface area contributed by atoms with Crippen LogP contribution in [0.3, 0.4) is 0 Å². The summed E-state index contributed by atoms with van der Waals surface area (Å²) in [6.07, 6.45) is 0. The third-order valence-electron chi connectivity index (χ3n) is 4.16. The fourth-order valence-corrected chi connectivity index (χ4v) is 2.81. The molecular formula is C18H17N5O2. The van der Waals surface area contributed by atoms with E-state index in [1.165, 1.54) is 4.80 Å². The molecule has 1 aliphatic rings. The number of anilines is 1. The first-order valence-electron chi connectivity index (χ1n) is 8.12. The van der Waals surface area contributed by atoms with Gasteiger partial charge in [-0.05, 0) is 24.3 Å². The molecule has 2 heterocycles. The van der Waals surface area contributed by atoms with E-state index in [-0.39, 0.29) is 5.91 Å². The molecule has 3 aromatic rings. The van der Waals surface area contributed by atoms with Gasteiger partial charge in [0.05, 0.1) is 12.2 Å². The Hall–Kier alpha value is -3.22. The average molecular weight is 335 g/mol. The van der Waals surface area contributed by atoms with Gasteiger partial charge in [0.25, 0.3) is 5.91 Å². The van der Waals surface area contributed by atoms with Crippen LogP contribution in [0, 0.1) is 0 Å². The largest absolute Gasteiger partial charge is 0.490 e. The molecule has 25 heavy (non-hydrogen) atoms. The van der Waals surface area contributed by atoms with E-state index in [4.69, 9.17) is 4.74 Å². The minimum Gasteiger partial charge on any atom is -0.490 e. The Balaban J connectivity index is 1.59. The maximum Gasteiger partial charge on any atom is 0.253 e. The van der Waals surface area contributed by atoms with E-state index in [9.17, 15) is 4.79 Å². The first-order valence-corrected chi connectivity index (χ1v) is 8.12. The number of rotatable bonds is 3. The Labute approximate surface area is 144 Å². The molecule has 0 saturated heterocycles. The zero-order valence-electron chi connectivity index (χ0n) is 13.7. The standard InChI is InChI=1S/C18H17N5O2/c1-13(23-20-17(19-21-23)14-7-3-2-4-8-14)18(24)22-11-12-25-16-10-6-5-9-15(16)22/h2-10,13H,11-12H2,1H3. The molecular weight excluding hydrogens is 318 g/mol. The first-order chi connectivity index (χ1) is 12.2. The van der Waals surface area contributed by atoms with E-state index in [0.29, 0.717) is 24.7 Å². The van der Waals surface area contributed by atoms with Gasteiger partial charge in [0.1, 0.15) is 18.4 Å². The van der Waals surface area contributed by atoms with E-state index < -0.39 is 6.04 Å². The van der Waals surface area contributed by atoms with Crippen molar-refractivity contribution in [1.29, 1.82) is 0 Å². The predicted molar refractivity (Wildman–Crippen MR) is 92.3 cm³/mol. The Morgan fingerprint density at radius 3 is 2.72 bits per heavy atom. The van der Waals surface area contributed by atoms with Crippen LogP contribution < -0.4 is 9.64 Å². The molecule has 7 nitrogen and oxygen atoms in total. The van der Waals surface area contributed by atoms with Gasteiger partial charge >= 0.3 is 0 Å². The van der Waals surface area contributed by atoms with Crippen LogP contribution >= 0.6 is 0 Å². The highest BCUT2D eigenvalue weighted by Crippen LogP contribution is 2.32. The summed E-state index contributed by atoms with van der Waals surface area (Å²) >= 11 is 0. The molecule has 0 fully saturated rings. The highest BCUT2D eigenvalue weighted by atomic mass is 16.5. The monoisotopic (exact) mass is 335 g/mol. The topological polar surface area (TPSA) is 73.1 Å². The molecule has 0 saturated carbocycles. The van der Waals surface area contributed by atoms with Crippen molar-refractivity contribution in [3.05, 3.63) is 54.6 Å². The molecule has 0 aliphatic carbocycles. The smallest absolute Gasteiger partial charge is 0.253 e. The number of fused-ring (bicyclic) bond motifs is 1. The second kappa shape index (κ2) is 6.35. The van der Waals surface area contributed by atoms with Crippen LogP contribution in [0.25, 0.3) is 11.4 Å². The molecule has 4 rings (SSSR count). The Morgan fingerprint density at radius 1 is 1.12 bits per heavy atom. The van der Waals surface area contributed by atoms with Gasteiger partial charge in [-0.1, -0.05) is 42.5 Å². The van der Waals surface area contributed by atoms with Gasteiger partial charge in [-0.3, -0.25) is 4.79 Å². The van der Waals surface area contributed by atoms with Gasteiger partial charge in [0, 0.05) is 5.56 Å². The Morgan fingerprint density at radius 2 is 1.88 bits per heavy atom. The third-order valence-corrected chi connectivity index (χ3v) is 4.16.